The normalized spacial score (nSPS) is 27.5. The molecule has 6 rings (SSSR count). The monoisotopic (exact) mass is 394 g/mol. The zero-order valence-electron chi connectivity index (χ0n) is 18.8. The Morgan fingerprint density at radius 2 is 1.73 bits per heavy atom. The fraction of sp³-hybridized carbons (Fsp3) is 0.414. The highest BCUT2D eigenvalue weighted by Gasteiger charge is 2.78. The maximum atomic E-state index is 4.61. The van der Waals surface area contributed by atoms with Crippen molar-refractivity contribution in [2.24, 2.45) is 0 Å². The molecule has 2 aromatic carbocycles. The summed E-state index contributed by atoms with van der Waals surface area (Å²) >= 11 is 0. The van der Waals surface area contributed by atoms with Gasteiger partial charge in [0, 0.05) is 30.0 Å². The number of aromatic nitrogens is 1. The Bertz CT molecular complexity index is 1240. The third-order valence-electron chi connectivity index (χ3n) is 8.86. The highest BCUT2D eigenvalue weighted by Crippen LogP contribution is 2.68. The van der Waals surface area contributed by atoms with Gasteiger partial charge in [-0.2, -0.15) is 4.57 Å². The lowest BCUT2D eigenvalue weighted by Crippen LogP contribution is -2.53. The summed E-state index contributed by atoms with van der Waals surface area (Å²) in [5.41, 5.74) is 11.2. The highest BCUT2D eigenvalue weighted by atomic mass is 15.2. The van der Waals surface area contributed by atoms with E-state index in [0.717, 1.165) is 0 Å². The number of rotatable bonds is 1. The molecule has 2 aliphatic carbocycles. The summed E-state index contributed by atoms with van der Waals surface area (Å²) in [6.45, 7) is 13.9. The van der Waals surface area contributed by atoms with Gasteiger partial charge in [-0.1, -0.05) is 49.6 Å². The summed E-state index contributed by atoms with van der Waals surface area (Å²) in [4.78, 5) is 0. The molecular formula is C29H32N+. The van der Waals surface area contributed by atoms with E-state index in [9.17, 15) is 0 Å². The van der Waals surface area contributed by atoms with E-state index in [2.05, 4.69) is 81.3 Å². The zero-order chi connectivity index (χ0) is 20.8. The Balaban J connectivity index is 1.69. The Labute approximate surface area is 180 Å². The van der Waals surface area contributed by atoms with Crippen LogP contribution in [0, 0.1) is 13.8 Å². The molecule has 2 unspecified atom stereocenters. The maximum Gasteiger partial charge on any atom is 0.214 e. The zero-order valence-corrected chi connectivity index (χ0v) is 18.8. The van der Waals surface area contributed by atoms with Crippen LogP contribution in [0.3, 0.4) is 0 Å². The van der Waals surface area contributed by atoms with Gasteiger partial charge < -0.3 is 0 Å². The molecule has 3 aromatic rings. The van der Waals surface area contributed by atoms with Crippen LogP contribution in [0.15, 0.2) is 54.6 Å². The number of nitrogens with zero attached hydrogens (tertiary/aromatic N) is 1. The topological polar surface area (TPSA) is 3.88 Å². The lowest BCUT2D eigenvalue weighted by molar-refractivity contribution is -0.703. The maximum absolute atomic E-state index is 4.61. The van der Waals surface area contributed by atoms with Crippen molar-refractivity contribution in [3.05, 3.63) is 76.9 Å². The highest BCUT2D eigenvalue weighted by molar-refractivity contribution is 5.85. The van der Waals surface area contributed by atoms with Gasteiger partial charge in [-0.15, -0.1) is 0 Å². The average Bonchev–Trinajstić information content (AvgIpc) is 3.20. The fourth-order valence-corrected chi connectivity index (χ4v) is 7.12. The van der Waals surface area contributed by atoms with E-state index >= 15 is 0 Å². The fourth-order valence-electron chi connectivity index (χ4n) is 7.12. The van der Waals surface area contributed by atoms with Crippen molar-refractivity contribution in [1.29, 1.82) is 0 Å². The molecule has 0 spiro atoms. The van der Waals surface area contributed by atoms with Gasteiger partial charge in [0.1, 0.15) is 0 Å². The van der Waals surface area contributed by atoms with E-state index < -0.39 is 0 Å². The molecule has 1 nitrogen and oxygen atoms in total. The van der Waals surface area contributed by atoms with Crippen LogP contribution in [-0.4, -0.2) is 0 Å². The van der Waals surface area contributed by atoms with E-state index in [4.69, 9.17) is 0 Å². The standard InChI is InChI=1S/C29H32N/c1-18-16-19(2)27-24(17-18)26-15-14-23-22(21-10-7-6-8-11-21)12-9-13-25(23)30(26)29(5)20(3)28(27,29)4/h9,12-17,21H,3,6-8,10-11H2,1-2,4-5H3/q+1. The van der Waals surface area contributed by atoms with Crippen LogP contribution in [0.1, 0.15) is 74.1 Å². The van der Waals surface area contributed by atoms with Gasteiger partial charge in [0.15, 0.2) is 0 Å². The SMILES string of the molecule is C=C1C2(C)c3c(C)cc(C)cc3-c3ccc4c(C5CCCCC5)cccc4[n+]3C12C. The van der Waals surface area contributed by atoms with Crippen LogP contribution in [0.25, 0.3) is 22.2 Å². The van der Waals surface area contributed by atoms with Crippen LogP contribution in [-0.2, 0) is 11.0 Å². The van der Waals surface area contributed by atoms with Crippen molar-refractivity contribution in [2.75, 3.05) is 0 Å². The number of pyridine rings is 1. The molecule has 2 fully saturated rings. The first-order valence-corrected chi connectivity index (χ1v) is 11.7. The molecule has 1 aromatic heterocycles. The molecular weight excluding hydrogens is 362 g/mol. The van der Waals surface area contributed by atoms with Gasteiger partial charge >= 0.3 is 0 Å². The number of benzene rings is 2. The lowest BCUT2D eigenvalue weighted by atomic mass is 9.79. The number of aryl methyl sites for hydroxylation is 2. The Hall–Kier alpha value is -2.41. The van der Waals surface area contributed by atoms with Crippen LogP contribution < -0.4 is 4.57 Å². The minimum atomic E-state index is -0.0555. The lowest BCUT2D eigenvalue weighted by Gasteiger charge is -2.28. The second kappa shape index (κ2) is 5.84. The first kappa shape index (κ1) is 18.4. The first-order chi connectivity index (χ1) is 14.4. The van der Waals surface area contributed by atoms with E-state index in [1.807, 2.05) is 0 Å². The summed E-state index contributed by atoms with van der Waals surface area (Å²) < 4.78 is 2.64. The van der Waals surface area contributed by atoms with Gasteiger partial charge in [0.2, 0.25) is 16.7 Å². The van der Waals surface area contributed by atoms with Crippen molar-refractivity contribution < 1.29 is 4.57 Å². The van der Waals surface area contributed by atoms with E-state index in [1.165, 1.54) is 76.5 Å². The molecule has 1 heteroatoms. The molecule has 2 saturated carbocycles. The smallest absolute Gasteiger partial charge is 0.181 e. The third kappa shape index (κ3) is 2.02. The molecule has 0 radical (unpaired) electrons. The summed E-state index contributed by atoms with van der Waals surface area (Å²) in [7, 11) is 0. The minimum absolute atomic E-state index is 0.00686. The molecule has 0 saturated heterocycles. The Kier molecular flexibility index (Phi) is 3.58. The van der Waals surface area contributed by atoms with Gasteiger partial charge in [-0.3, -0.25) is 0 Å². The van der Waals surface area contributed by atoms with Crippen LogP contribution in [0.4, 0.5) is 0 Å². The number of allylic oxidation sites excluding steroid dienone is 1. The van der Waals surface area contributed by atoms with E-state index in [1.54, 1.807) is 5.56 Å². The Morgan fingerprint density at radius 3 is 2.50 bits per heavy atom. The molecule has 2 atom stereocenters. The van der Waals surface area contributed by atoms with E-state index in [0.29, 0.717) is 5.92 Å². The Morgan fingerprint density at radius 1 is 0.967 bits per heavy atom. The molecule has 3 aliphatic rings. The summed E-state index contributed by atoms with van der Waals surface area (Å²) in [6, 6.07) is 16.6. The van der Waals surface area contributed by atoms with Gasteiger partial charge in [-0.25, -0.2) is 0 Å². The van der Waals surface area contributed by atoms with Gasteiger partial charge in [0.05, 0.1) is 11.0 Å². The molecule has 0 amide bonds. The average molecular weight is 395 g/mol. The van der Waals surface area contributed by atoms with Crippen molar-refractivity contribution in [3.8, 4) is 11.3 Å². The first-order valence-electron chi connectivity index (χ1n) is 11.7. The molecule has 0 N–H and O–H groups in total. The van der Waals surface area contributed by atoms with Crippen LogP contribution in [0.5, 0.6) is 0 Å². The van der Waals surface area contributed by atoms with Crippen LogP contribution in [0.2, 0.25) is 0 Å². The van der Waals surface area contributed by atoms with Gasteiger partial charge in [0.25, 0.3) is 0 Å². The number of fused-ring (bicyclic) bond motifs is 8. The predicted octanol–water partition coefficient (Wildman–Crippen LogP) is 7.02. The number of hydrogen-bond donors (Lipinski definition) is 0. The minimum Gasteiger partial charge on any atom is -0.181 e. The molecule has 152 valence electrons. The second-order valence-corrected chi connectivity index (χ2v) is 10.3. The third-order valence-corrected chi connectivity index (χ3v) is 8.86. The summed E-state index contributed by atoms with van der Waals surface area (Å²) in [6.07, 6.45) is 6.82. The summed E-state index contributed by atoms with van der Waals surface area (Å²) in [5.74, 6) is 0.711. The number of hydrogen-bond acceptors (Lipinski definition) is 0. The molecule has 1 aliphatic heterocycles. The van der Waals surface area contributed by atoms with Crippen molar-refractivity contribution in [2.45, 2.75) is 76.7 Å². The molecule has 30 heavy (non-hydrogen) atoms. The van der Waals surface area contributed by atoms with E-state index in [-0.39, 0.29) is 11.0 Å². The van der Waals surface area contributed by atoms with Gasteiger partial charge in [-0.05, 0) is 68.4 Å². The summed E-state index contributed by atoms with van der Waals surface area (Å²) in [5, 5.41) is 1.45. The molecule has 0 bridgehead atoms. The van der Waals surface area contributed by atoms with Crippen molar-refractivity contribution >= 4 is 10.9 Å². The van der Waals surface area contributed by atoms with Crippen LogP contribution >= 0.6 is 0 Å². The largest absolute Gasteiger partial charge is 0.214 e. The van der Waals surface area contributed by atoms with Crippen molar-refractivity contribution in [3.63, 3.8) is 0 Å². The van der Waals surface area contributed by atoms with Crippen molar-refractivity contribution in [1.82, 2.24) is 0 Å². The molecule has 2 heterocycles. The second-order valence-electron chi connectivity index (χ2n) is 10.3. The predicted molar refractivity (Wildman–Crippen MR) is 125 cm³/mol. The quantitative estimate of drug-likeness (QED) is 0.308.